The van der Waals surface area contributed by atoms with Gasteiger partial charge >= 0.3 is 0 Å². The largest absolute Gasteiger partial charge is 0.368 e. The lowest BCUT2D eigenvalue weighted by molar-refractivity contribution is 0.0946. The van der Waals surface area contributed by atoms with Crippen LogP contribution in [-0.2, 0) is 6.54 Å². The highest BCUT2D eigenvalue weighted by atomic mass is 32.1. The molecule has 0 saturated carbocycles. The number of pyridine rings is 1. The van der Waals surface area contributed by atoms with Crippen molar-refractivity contribution in [2.75, 3.05) is 36.0 Å². The number of benzene rings is 1. The van der Waals surface area contributed by atoms with Gasteiger partial charge in [0, 0.05) is 56.2 Å². The molecule has 1 saturated heterocycles. The molecule has 0 radical (unpaired) electrons. The maximum atomic E-state index is 12.3. The lowest BCUT2D eigenvalue weighted by atomic mass is 10.2. The van der Waals surface area contributed by atoms with E-state index in [-0.39, 0.29) is 5.91 Å². The SMILES string of the molecule is O=C(NCc1ccncc1)c1csc(N2CCN(c3ccccc3)CC2)n1. The van der Waals surface area contributed by atoms with Gasteiger partial charge in [-0.15, -0.1) is 11.3 Å². The van der Waals surface area contributed by atoms with Crippen molar-refractivity contribution in [1.29, 1.82) is 0 Å². The lowest BCUT2D eigenvalue weighted by Crippen LogP contribution is -2.46. The van der Waals surface area contributed by atoms with E-state index >= 15 is 0 Å². The zero-order valence-electron chi connectivity index (χ0n) is 14.9. The number of carbonyl (C=O) groups is 1. The fourth-order valence-corrected chi connectivity index (χ4v) is 3.94. The fourth-order valence-electron chi connectivity index (χ4n) is 3.08. The Morgan fingerprint density at radius 2 is 1.70 bits per heavy atom. The van der Waals surface area contributed by atoms with Gasteiger partial charge in [0.2, 0.25) is 0 Å². The number of rotatable bonds is 5. The van der Waals surface area contributed by atoms with Crippen LogP contribution in [0.3, 0.4) is 0 Å². The summed E-state index contributed by atoms with van der Waals surface area (Å²) in [5.41, 5.74) is 2.76. The molecule has 0 spiro atoms. The van der Waals surface area contributed by atoms with Crippen molar-refractivity contribution in [2.24, 2.45) is 0 Å². The van der Waals surface area contributed by atoms with Crippen molar-refractivity contribution < 1.29 is 4.79 Å². The standard InChI is InChI=1S/C20H21N5OS/c26-19(22-14-16-6-8-21-9-7-16)18-15-27-20(23-18)25-12-10-24(11-13-25)17-4-2-1-3-5-17/h1-9,15H,10-14H2,(H,22,26). The van der Waals surface area contributed by atoms with Gasteiger partial charge in [0.05, 0.1) is 0 Å². The molecule has 1 amide bonds. The highest BCUT2D eigenvalue weighted by Crippen LogP contribution is 2.23. The molecule has 0 unspecified atom stereocenters. The normalized spacial score (nSPS) is 14.2. The van der Waals surface area contributed by atoms with Gasteiger partial charge in [-0.3, -0.25) is 9.78 Å². The zero-order valence-corrected chi connectivity index (χ0v) is 15.7. The third-order valence-corrected chi connectivity index (χ3v) is 5.50. The van der Waals surface area contributed by atoms with Gasteiger partial charge in [-0.1, -0.05) is 18.2 Å². The Labute approximate surface area is 162 Å². The van der Waals surface area contributed by atoms with Crippen molar-refractivity contribution in [3.63, 3.8) is 0 Å². The van der Waals surface area contributed by atoms with E-state index in [1.165, 1.54) is 17.0 Å². The van der Waals surface area contributed by atoms with E-state index in [1.54, 1.807) is 12.4 Å². The van der Waals surface area contributed by atoms with Crippen LogP contribution in [0, 0.1) is 0 Å². The second kappa shape index (κ2) is 8.18. The first-order valence-corrected chi connectivity index (χ1v) is 9.85. The molecule has 1 aromatic carbocycles. The highest BCUT2D eigenvalue weighted by molar-refractivity contribution is 7.13. The Morgan fingerprint density at radius 1 is 1.00 bits per heavy atom. The summed E-state index contributed by atoms with van der Waals surface area (Å²) < 4.78 is 0. The minimum atomic E-state index is -0.141. The average molecular weight is 379 g/mol. The molecule has 1 aliphatic heterocycles. The summed E-state index contributed by atoms with van der Waals surface area (Å²) in [5, 5.41) is 5.66. The number of hydrogen-bond donors (Lipinski definition) is 1. The molecule has 4 rings (SSSR count). The molecule has 1 aliphatic rings. The number of para-hydroxylation sites is 1. The maximum absolute atomic E-state index is 12.3. The Hall–Kier alpha value is -2.93. The van der Waals surface area contributed by atoms with Crippen molar-refractivity contribution in [3.05, 3.63) is 71.5 Å². The summed E-state index contributed by atoms with van der Waals surface area (Å²) in [5.74, 6) is -0.141. The van der Waals surface area contributed by atoms with Gasteiger partial charge in [0.15, 0.2) is 5.13 Å². The van der Waals surface area contributed by atoms with Gasteiger partial charge in [0.25, 0.3) is 5.91 Å². The first-order chi connectivity index (χ1) is 13.3. The number of piperazine rings is 1. The molecule has 7 heteroatoms. The topological polar surface area (TPSA) is 61.4 Å². The monoisotopic (exact) mass is 379 g/mol. The second-order valence-corrected chi connectivity index (χ2v) is 7.20. The van der Waals surface area contributed by atoms with Crippen molar-refractivity contribution in [2.45, 2.75) is 6.54 Å². The first kappa shape index (κ1) is 17.5. The van der Waals surface area contributed by atoms with E-state index in [9.17, 15) is 4.79 Å². The fraction of sp³-hybridized carbons (Fsp3) is 0.250. The van der Waals surface area contributed by atoms with Crippen LogP contribution in [0.4, 0.5) is 10.8 Å². The van der Waals surface area contributed by atoms with Gasteiger partial charge in [-0.05, 0) is 29.8 Å². The first-order valence-electron chi connectivity index (χ1n) is 8.97. The van der Waals surface area contributed by atoms with Crippen LogP contribution in [0.25, 0.3) is 0 Å². The quantitative estimate of drug-likeness (QED) is 0.739. The third-order valence-electron chi connectivity index (χ3n) is 4.60. The minimum absolute atomic E-state index is 0.141. The summed E-state index contributed by atoms with van der Waals surface area (Å²) in [4.78, 5) is 25.5. The van der Waals surface area contributed by atoms with Crippen LogP contribution >= 0.6 is 11.3 Å². The molecule has 0 bridgehead atoms. The molecule has 0 aliphatic carbocycles. The molecule has 27 heavy (non-hydrogen) atoms. The highest BCUT2D eigenvalue weighted by Gasteiger charge is 2.20. The molecule has 2 aromatic heterocycles. The van der Waals surface area contributed by atoms with Crippen LogP contribution in [0.15, 0.2) is 60.2 Å². The van der Waals surface area contributed by atoms with Crippen molar-refractivity contribution >= 4 is 28.1 Å². The van der Waals surface area contributed by atoms with E-state index in [2.05, 4.69) is 49.4 Å². The average Bonchev–Trinajstić information content (AvgIpc) is 3.24. The second-order valence-electron chi connectivity index (χ2n) is 6.36. The van der Waals surface area contributed by atoms with E-state index < -0.39 is 0 Å². The number of nitrogens with one attached hydrogen (secondary N) is 1. The summed E-state index contributed by atoms with van der Waals surface area (Å²) in [6.45, 7) is 4.19. The van der Waals surface area contributed by atoms with Crippen LogP contribution in [0.1, 0.15) is 16.1 Å². The van der Waals surface area contributed by atoms with E-state index in [4.69, 9.17) is 0 Å². The van der Waals surface area contributed by atoms with Gasteiger partial charge in [0.1, 0.15) is 5.69 Å². The number of amides is 1. The number of thiazole rings is 1. The summed E-state index contributed by atoms with van der Waals surface area (Å²) in [6, 6.07) is 14.2. The van der Waals surface area contributed by atoms with E-state index in [0.717, 1.165) is 36.9 Å². The molecular formula is C20H21N5OS. The van der Waals surface area contributed by atoms with Crippen molar-refractivity contribution in [1.82, 2.24) is 15.3 Å². The predicted molar refractivity (Wildman–Crippen MR) is 108 cm³/mol. The number of carbonyl (C=O) groups excluding carboxylic acids is 1. The lowest BCUT2D eigenvalue weighted by Gasteiger charge is -2.35. The number of nitrogens with zero attached hydrogens (tertiary/aromatic N) is 4. The molecule has 3 heterocycles. The predicted octanol–water partition coefficient (Wildman–Crippen LogP) is 2.79. The Morgan fingerprint density at radius 3 is 2.44 bits per heavy atom. The Kier molecular flexibility index (Phi) is 5.29. The molecule has 3 aromatic rings. The van der Waals surface area contributed by atoms with Gasteiger partial charge in [-0.25, -0.2) is 4.98 Å². The van der Waals surface area contributed by atoms with E-state index in [0.29, 0.717) is 12.2 Å². The molecule has 1 fully saturated rings. The summed E-state index contributed by atoms with van der Waals surface area (Å²) >= 11 is 1.53. The van der Waals surface area contributed by atoms with Crippen LogP contribution in [0.5, 0.6) is 0 Å². The van der Waals surface area contributed by atoms with Gasteiger partial charge < -0.3 is 15.1 Å². The summed E-state index contributed by atoms with van der Waals surface area (Å²) in [6.07, 6.45) is 3.44. The van der Waals surface area contributed by atoms with Gasteiger partial charge in [-0.2, -0.15) is 0 Å². The third kappa shape index (κ3) is 4.25. The molecule has 0 atom stereocenters. The Bertz CT molecular complexity index is 876. The molecule has 6 nitrogen and oxygen atoms in total. The molecule has 1 N–H and O–H groups in total. The van der Waals surface area contributed by atoms with Crippen molar-refractivity contribution in [3.8, 4) is 0 Å². The molecule has 138 valence electrons. The Balaban J connectivity index is 1.32. The smallest absolute Gasteiger partial charge is 0.271 e. The molecular weight excluding hydrogens is 358 g/mol. The number of aromatic nitrogens is 2. The zero-order chi connectivity index (χ0) is 18.5. The van der Waals surface area contributed by atoms with Crippen LogP contribution < -0.4 is 15.1 Å². The summed E-state index contributed by atoms with van der Waals surface area (Å²) in [7, 11) is 0. The van der Waals surface area contributed by atoms with Crippen LogP contribution in [0.2, 0.25) is 0 Å². The number of anilines is 2. The van der Waals surface area contributed by atoms with Crippen LogP contribution in [-0.4, -0.2) is 42.1 Å². The maximum Gasteiger partial charge on any atom is 0.271 e. The van der Waals surface area contributed by atoms with E-state index in [1.807, 2.05) is 23.6 Å². The minimum Gasteiger partial charge on any atom is -0.368 e. The number of hydrogen-bond acceptors (Lipinski definition) is 6.